The van der Waals surface area contributed by atoms with Gasteiger partial charge < -0.3 is 5.32 Å². The summed E-state index contributed by atoms with van der Waals surface area (Å²) in [7, 11) is -1.26. The standard InChI is InChI=1S/C19H18Cl2N4O4S/c1-24(29-2)30(27,28)16-7-4-13(5-8-16)19(26)23-18-9-10-22-25(18)12-14-3-6-15(20)11-17(14)21/h3-11H,12H2,1-2H3,(H,23,26). The molecule has 0 atom stereocenters. The Morgan fingerprint density at radius 1 is 1.17 bits per heavy atom. The molecule has 1 N–H and O–H groups in total. The summed E-state index contributed by atoms with van der Waals surface area (Å²) < 4.78 is 26.8. The van der Waals surface area contributed by atoms with Crippen LogP contribution >= 0.6 is 23.2 Å². The quantitative estimate of drug-likeness (QED) is 0.533. The van der Waals surface area contributed by atoms with Crippen molar-refractivity contribution in [3.05, 3.63) is 75.9 Å². The van der Waals surface area contributed by atoms with Crippen LogP contribution in [0.1, 0.15) is 15.9 Å². The fraction of sp³-hybridized carbons (Fsp3) is 0.158. The number of carbonyl (C=O) groups is 1. The zero-order valence-electron chi connectivity index (χ0n) is 16.0. The molecule has 0 aliphatic heterocycles. The second-order valence-electron chi connectivity index (χ2n) is 6.19. The number of nitrogens with zero attached hydrogens (tertiary/aromatic N) is 3. The van der Waals surface area contributed by atoms with Crippen LogP contribution in [-0.2, 0) is 21.4 Å². The van der Waals surface area contributed by atoms with Crippen LogP contribution in [0.5, 0.6) is 0 Å². The molecule has 0 aliphatic carbocycles. The zero-order valence-corrected chi connectivity index (χ0v) is 18.4. The Morgan fingerprint density at radius 2 is 1.87 bits per heavy atom. The van der Waals surface area contributed by atoms with E-state index in [4.69, 9.17) is 28.0 Å². The molecule has 0 saturated heterocycles. The largest absolute Gasteiger partial charge is 0.307 e. The van der Waals surface area contributed by atoms with Crippen LogP contribution in [0.2, 0.25) is 10.0 Å². The molecule has 30 heavy (non-hydrogen) atoms. The van der Waals surface area contributed by atoms with Crippen molar-refractivity contribution < 1.29 is 18.0 Å². The minimum Gasteiger partial charge on any atom is -0.307 e. The van der Waals surface area contributed by atoms with Gasteiger partial charge >= 0.3 is 0 Å². The summed E-state index contributed by atoms with van der Waals surface area (Å²) >= 11 is 12.1. The van der Waals surface area contributed by atoms with E-state index in [2.05, 4.69) is 10.4 Å². The molecule has 0 bridgehead atoms. The van der Waals surface area contributed by atoms with Gasteiger partial charge in [0.2, 0.25) is 0 Å². The Bertz CT molecular complexity index is 1160. The van der Waals surface area contributed by atoms with Crippen molar-refractivity contribution >= 4 is 45.0 Å². The third kappa shape index (κ3) is 4.82. The first-order valence-corrected chi connectivity index (χ1v) is 10.8. The molecule has 1 amide bonds. The summed E-state index contributed by atoms with van der Waals surface area (Å²) in [5, 5.41) is 7.99. The minimum atomic E-state index is -3.79. The highest BCUT2D eigenvalue weighted by Crippen LogP contribution is 2.23. The van der Waals surface area contributed by atoms with E-state index >= 15 is 0 Å². The van der Waals surface area contributed by atoms with Crippen LogP contribution in [0.4, 0.5) is 5.82 Å². The summed E-state index contributed by atoms with van der Waals surface area (Å²) in [6, 6.07) is 12.3. The van der Waals surface area contributed by atoms with Gasteiger partial charge in [0, 0.05) is 28.7 Å². The van der Waals surface area contributed by atoms with Gasteiger partial charge in [0.25, 0.3) is 15.9 Å². The number of benzene rings is 2. The first-order chi connectivity index (χ1) is 14.2. The van der Waals surface area contributed by atoms with Gasteiger partial charge in [-0.25, -0.2) is 13.1 Å². The van der Waals surface area contributed by atoms with Crippen LogP contribution < -0.4 is 5.32 Å². The van der Waals surface area contributed by atoms with E-state index in [1.807, 2.05) is 0 Å². The van der Waals surface area contributed by atoms with Crippen LogP contribution in [0.3, 0.4) is 0 Å². The van der Waals surface area contributed by atoms with E-state index in [1.54, 1.807) is 35.1 Å². The van der Waals surface area contributed by atoms with Crippen LogP contribution in [0.25, 0.3) is 0 Å². The molecule has 0 saturated carbocycles. The van der Waals surface area contributed by atoms with Gasteiger partial charge in [-0.1, -0.05) is 33.7 Å². The second kappa shape index (κ2) is 9.15. The van der Waals surface area contributed by atoms with Crippen molar-refractivity contribution in [1.29, 1.82) is 0 Å². The molecule has 0 radical (unpaired) electrons. The Hall–Kier alpha value is -2.43. The van der Waals surface area contributed by atoms with Crippen molar-refractivity contribution in [1.82, 2.24) is 14.2 Å². The lowest BCUT2D eigenvalue weighted by atomic mass is 10.2. The predicted octanol–water partition coefficient (Wildman–Crippen LogP) is 3.67. The van der Waals surface area contributed by atoms with Crippen molar-refractivity contribution in [2.24, 2.45) is 0 Å². The number of hydrogen-bond acceptors (Lipinski definition) is 5. The van der Waals surface area contributed by atoms with Crippen molar-refractivity contribution in [3.8, 4) is 0 Å². The molecule has 158 valence electrons. The van der Waals surface area contributed by atoms with Crippen LogP contribution in [0.15, 0.2) is 59.6 Å². The summed E-state index contributed by atoms with van der Waals surface area (Å²) in [4.78, 5) is 17.3. The lowest BCUT2D eigenvalue weighted by Crippen LogP contribution is -2.25. The van der Waals surface area contributed by atoms with E-state index < -0.39 is 15.9 Å². The van der Waals surface area contributed by atoms with Gasteiger partial charge in [0.15, 0.2) is 0 Å². The lowest BCUT2D eigenvalue weighted by Gasteiger charge is -2.14. The second-order valence-corrected chi connectivity index (χ2v) is 8.97. The molecule has 1 aromatic heterocycles. The number of anilines is 1. The maximum atomic E-state index is 12.6. The van der Waals surface area contributed by atoms with E-state index in [0.29, 0.717) is 22.4 Å². The number of halogens is 2. The molecular formula is C19H18Cl2N4O4S. The maximum Gasteiger partial charge on any atom is 0.264 e. The molecule has 11 heteroatoms. The maximum absolute atomic E-state index is 12.6. The molecule has 2 aromatic carbocycles. The Morgan fingerprint density at radius 3 is 2.50 bits per heavy atom. The monoisotopic (exact) mass is 468 g/mol. The number of aromatic nitrogens is 2. The predicted molar refractivity (Wildman–Crippen MR) is 114 cm³/mol. The fourth-order valence-corrected chi connectivity index (χ4v) is 4.03. The molecule has 3 rings (SSSR count). The third-order valence-corrected chi connectivity index (χ3v) is 6.58. The minimum absolute atomic E-state index is 0.00539. The van der Waals surface area contributed by atoms with Gasteiger partial charge in [0.05, 0.1) is 24.7 Å². The van der Waals surface area contributed by atoms with E-state index in [1.165, 1.54) is 38.4 Å². The van der Waals surface area contributed by atoms with Crippen molar-refractivity contribution in [2.75, 3.05) is 19.5 Å². The van der Waals surface area contributed by atoms with Gasteiger partial charge in [-0.3, -0.25) is 9.63 Å². The number of carbonyl (C=O) groups excluding carboxylic acids is 1. The molecule has 3 aromatic rings. The van der Waals surface area contributed by atoms with E-state index in [9.17, 15) is 13.2 Å². The number of amides is 1. The fourth-order valence-electron chi connectivity index (χ4n) is 2.59. The average Bonchev–Trinajstić information content (AvgIpc) is 3.16. The number of hydrogen-bond donors (Lipinski definition) is 1. The first-order valence-electron chi connectivity index (χ1n) is 8.62. The van der Waals surface area contributed by atoms with Gasteiger partial charge in [-0.05, 0) is 42.0 Å². The topological polar surface area (TPSA) is 93.5 Å². The number of rotatable bonds is 7. The molecule has 0 fully saturated rings. The molecule has 0 spiro atoms. The van der Waals surface area contributed by atoms with Gasteiger partial charge in [-0.2, -0.15) is 5.10 Å². The Balaban J connectivity index is 1.75. The van der Waals surface area contributed by atoms with E-state index in [-0.39, 0.29) is 10.5 Å². The molecule has 8 nitrogen and oxygen atoms in total. The molecule has 1 heterocycles. The summed E-state index contributed by atoms with van der Waals surface area (Å²) in [5.74, 6) is 0.0461. The molecule has 0 aliphatic rings. The van der Waals surface area contributed by atoms with E-state index in [0.717, 1.165) is 10.0 Å². The SMILES string of the molecule is CON(C)S(=O)(=O)c1ccc(C(=O)Nc2ccnn2Cc2ccc(Cl)cc2Cl)cc1. The van der Waals surface area contributed by atoms with Crippen LogP contribution in [-0.4, -0.2) is 42.7 Å². The smallest absolute Gasteiger partial charge is 0.264 e. The van der Waals surface area contributed by atoms with Crippen LogP contribution in [0, 0.1) is 0 Å². The van der Waals surface area contributed by atoms with Crippen molar-refractivity contribution in [2.45, 2.75) is 11.4 Å². The highest BCUT2D eigenvalue weighted by Gasteiger charge is 2.21. The lowest BCUT2D eigenvalue weighted by molar-refractivity contribution is -0.0258. The number of nitrogens with one attached hydrogen (secondary N) is 1. The molecular weight excluding hydrogens is 451 g/mol. The average molecular weight is 469 g/mol. The highest BCUT2D eigenvalue weighted by atomic mass is 35.5. The Labute approximate surface area is 184 Å². The summed E-state index contributed by atoms with van der Waals surface area (Å²) in [5.41, 5.74) is 1.07. The Kier molecular flexibility index (Phi) is 6.79. The first kappa shape index (κ1) is 22.3. The van der Waals surface area contributed by atoms with Crippen molar-refractivity contribution in [3.63, 3.8) is 0 Å². The molecule has 0 unspecified atom stereocenters. The number of hydroxylamine groups is 1. The van der Waals surface area contributed by atoms with Gasteiger partial charge in [0.1, 0.15) is 5.82 Å². The zero-order chi connectivity index (χ0) is 21.9. The normalized spacial score (nSPS) is 11.6. The third-order valence-electron chi connectivity index (χ3n) is 4.30. The highest BCUT2D eigenvalue weighted by molar-refractivity contribution is 7.89. The summed E-state index contributed by atoms with van der Waals surface area (Å²) in [6.45, 7) is 0.332. The number of sulfonamides is 1. The van der Waals surface area contributed by atoms with Gasteiger partial charge in [-0.15, -0.1) is 0 Å². The summed E-state index contributed by atoms with van der Waals surface area (Å²) in [6.07, 6.45) is 1.55.